The Labute approximate surface area is 161 Å². The van der Waals surface area contributed by atoms with E-state index in [1.807, 2.05) is 6.07 Å². The molecular weight excluding hydrogens is 397 g/mol. The Balaban J connectivity index is 2.15. The lowest BCUT2D eigenvalue weighted by Crippen LogP contribution is -2.51. The third kappa shape index (κ3) is 5.67. The molecule has 7 nitrogen and oxygen atoms in total. The molecule has 1 heterocycles. The van der Waals surface area contributed by atoms with Crippen LogP contribution in [0.1, 0.15) is 30.0 Å². The summed E-state index contributed by atoms with van der Waals surface area (Å²) in [6.45, 7) is -1.12. The molecule has 0 spiro atoms. The molecule has 0 saturated carbocycles. The number of amides is 1. The van der Waals surface area contributed by atoms with Crippen LogP contribution < -0.4 is 5.73 Å². The quantitative estimate of drug-likeness (QED) is 0.751. The molecule has 2 rings (SSSR count). The van der Waals surface area contributed by atoms with Gasteiger partial charge in [-0.3, -0.25) is 9.69 Å². The van der Waals surface area contributed by atoms with Gasteiger partial charge in [0.2, 0.25) is 15.9 Å². The van der Waals surface area contributed by atoms with E-state index >= 15 is 0 Å². The Morgan fingerprint density at radius 1 is 1.32 bits per heavy atom. The fraction of sp³-hybridized carbons (Fsp3) is 0.529. The second-order valence-corrected chi connectivity index (χ2v) is 8.66. The summed E-state index contributed by atoms with van der Waals surface area (Å²) in [6, 6.07) is 6.67. The van der Waals surface area contributed by atoms with Crippen molar-refractivity contribution in [1.82, 2.24) is 9.21 Å². The number of nitriles is 1. The summed E-state index contributed by atoms with van der Waals surface area (Å²) in [5.41, 5.74) is 6.50. The normalized spacial score (nSPS) is 18.0. The highest BCUT2D eigenvalue weighted by Crippen LogP contribution is 2.29. The fourth-order valence-electron chi connectivity index (χ4n) is 3.42. The third-order valence-electron chi connectivity index (χ3n) is 4.66. The topological polar surface area (TPSA) is 108 Å². The van der Waals surface area contributed by atoms with E-state index in [1.165, 1.54) is 0 Å². The predicted octanol–water partition coefficient (Wildman–Crippen LogP) is 1.37. The molecule has 1 amide bonds. The molecule has 2 N–H and O–H groups in total. The van der Waals surface area contributed by atoms with Crippen molar-refractivity contribution < 1.29 is 26.4 Å². The Morgan fingerprint density at radius 2 is 1.86 bits per heavy atom. The average molecular weight is 418 g/mol. The van der Waals surface area contributed by atoms with E-state index < -0.39 is 40.7 Å². The maximum absolute atomic E-state index is 12.8. The highest BCUT2D eigenvalue weighted by atomic mass is 32.2. The zero-order chi connectivity index (χ0) is 21.1. The smallest absolute Gasteiger partial charge is 0.368 e. The van der Waals surface area contributed by atoms with Crippen LogP contribution in [0.3, 0.4) is 0 Å². The molecule has 1 aliphatic heterocycles. The van der Waals surface area contributed by atoms with Crippen molar-refractivity contribution in [1.29, 1.82) is 5.26 Å². The van der Waals surface area contributed by atoms with Crippen molar-refractivity contribution in [3.63, 3.8) is 0 Å². The van der Waals surface area contributed by atoms with Crippen LogP contribution in [-0.4, -0.2) is 61.6 Å². The summed E-state index contributed by atoms with van der Waals surface area (Å²) in [5, 5.41) is 8.87. The first-order valence-corrected chi connectivity index (χ1v) is 10.3. The highest BCUT2D eigenvalue weighted by molar-refractivity contribution is 7.88. The maximum Gasteiger partial charge on any atom is 0.402 e. The lowest BCUT2D eigenvalue weighted by Gasteiger charge is -2.40. The lowest BCUT2D eigenvalue weighted by molar-refractivity contribution is -0.141. The highest BCUT2D eigenvalue weighted by Gasteiger charge is 2.40. The van der Waals surface area contributed by atoms with E-state index in [1.54, 1.807) is 29.2 Å². The number of likely N-dealkylation sites (tertiary alicyclic amines) is 1. The van der Waals surface area contributed by atoms with Crippen molar-refractivity contribution >= 4 is 15.9 Å². The van der Waals surface area contributed by atoms with Gasteiger partial charge in [0.15, 0.2) is 0 Å². The molecule has 1 unspecified atom stereocenters. The number of alkyl halides is 3. The zero-order valence-electron chi connectivity index (χ0n) is 15.2. The van der Waals surface area contributed by atoms with Crippen LogP contribution in [-0.2, 0) is 14.8 Å². The first-order chi connectivity index (χ1) is 12.9. The first kappa shape index (κ1) is 22.1. The molecule has 1 saturated heterocycles. The first-order valence-electron chi connectivity index (χ1n) is 8.49. The van der Waals surface area contributed by atoms with Crippen molar-refractivity contribution in [2.75, 3.05) is 25.9 Å². The van der Waals surface area contributed by atoms with Crippen LogP contribution in [0.25, 0.3) is 0 Å². The van der Waals surface area contributed by atoms with Crippen LogP contribution in [0, 0.1) is 11.3 Å². The van der Waals surface area contributed by atoms with Gasteiger partial charge in [-0.25, -0.2) is 8.42 Å². The SMILES string of the molecule is CS(=O)(=O)N(CC(F)(F)F)C1CCN(C(C(N)=O)c2ccc(C#N)cc2)CC1. The number of nitrogens with two attached hydrogens (primary N) is 1. The van der Waals surface area contributed by atoms with Crippen LogP contribution in [0.2, 0.25) is 0 Å². The summed E-state index contributed by atoms with van der Waals surface area (Å²) < 4.78 is 62.5. The van der Waals surface area contributed by atoms with Gasteiger partial charge in [-0.2, -0.15) is 22.7 Å². The Kier molecular flexibility index (Phi) is 6.69. The largest absolute Gasteiger partial charge is 0.402 e. The molecule has 154 valence electrons. The molecular formula is C17H21F3N4O3S. The molecule has 1 atom stereocenters. The van der Waals surface area contributed by atoms with E-state index in [2.05, 4.69) is 0 Å². The number of piperidine rings is 1. The number of nitrogens with zero attached hydrogens (tertiary/aromatic N) is 3. The van der Waals surface area contributed by atoms with E-state index in [9.17, 15) is 26.4 Å². The van der Waals surface area contributed by atoms with E-state index in [-0.39, 0.29) is 25.9 Å². The van der Waals surface area contributed by atoms with Gasteiger partial charge in [-0.15, -0.1) is 0 Å². The van der Waals surface area contributed by atoms with Crippen molar-refractivity contribution in [2.45, 2.75) is 31.1 Å². The average Bonchev–Trinajstić information content (AvgIpc) is 2.59. The van der Waals surface area contributed by atoms with E-state index in [0.29, 0.717) is 15.4 Å². The van der Waals surface area contributed by atoms with Gasteiger partial charge in [0.05, 0.1) is 17.9 Å². The van der Waals surface area contributed by atoms with Gasteiger partial charge in [0.1, 0.15) is 12.6 Å². The van der Waals surface area contributed by atoms with Crippen molar-refractivity contribution in [2.24, 2.45) is 5.73 Å². The minimum absolute atomic E-state index is 0.142. The van der Waals surface area contributed by atoms with E-state index in [4.69, 9.17) is 11.0 Å². The number of carbonyl (C=O) groups is 1. The Morgan fingerprint density at radius 3 is 2.25 bits per heavy atom. The second kappa shape index (κ2) is 8.46. The molecule has 1 aliphatic rings. The molecule has 11 heteroatoms. The number of carbonyl (C=O) groups excluding carboxylic acids is 1. The minimum atomic E-state index is -4.64. The monoisotopic (exact) mass is 418 g/mol. The molecule has 0 aromatic heterocycles. The fourth-order valence-corrected chi connectivity index (χ4v) is 4.55. The summed E-state index contributed by atoms with van der Waals surface area (Å²) in [6.07, 6.45) is -3.60. The van der Waals surface area contributed by atoms with Crippen LogP contribution in [0.5, 0.6) is 0 Å². The van der Waals surface area contributed by atoms with Crippen LogP contribution >= 0.6 is 0 Å². The summed E-state index contributed by atoms with van der Waals surface area (Å²) in [7, 11) is -4.04. The zero-order valence-corrected chi connectivity index (χ0v) is 16.0. The van der Waals surface area contributed by atoms with Gasteiger partial charge < -0.3 is 5.73 Å². The van der Waals surface area contributed by atoms with Crippen LogP contribution in [0.4, 0.5) is 13.2 Å². The minimum Gasteiger partial charge on any atom is -0.368 e. The number of halogens is 3. The van der Waals surface area contributed by atoms with Crippen molar-refractivity contribution in [3.8, 4) is 6.07 Å². The number of hydrogen-bond donors (Lipinski definition) is 1. The van der Waals surface area contributed by atoms with Gasteiger partial charge in [0.25, 0.3) is 0 Å². The second-order valence-electron chi connectivity index (χ2n) is 6.73. The summed E-state index contributed by atoms with van der Waals surface area (Å²) in [4.78, 5) is 13.7. The molecule has 0 bridgehead atoms. The van der Waals surface area contributed by atoms with Gasteiger partial charge in [0, 0.05) is 19.1 Å². The number of hydrogen-bond acceptors (Lipinski definition) is 5. The maximum atomic E-state index is 12.8. The van der Waals surface area contributed by atoms with Crippen LogP contribution in [0.15, 0.2) is 24.3 Å². The van der Waals surface area contributed by atoms with Gasteiger partial charge >= 0.3 is 6.18 Å². The molecule has 1 aromatic rings. The summed E-state index contributed by atoms with van der Waals surface area (Å²) in [5.74, 6) is -0.626. The number of rotatable bonds is 6. The molecule has 0 radical (unpaired) electrons. The number of primary amides is 1. The van der Waals surface area contributed by atoms with Gasteiger partial charge in [-0.1, -0.05) is 12.1 Å². The number of sulfonamides is 1. The Bertz CT molecular complexity index is 842. The standard InChI is InChI=1S/C17H21F3N4O3S/c1-28(26,27)24(11-17(18,19)20)14-6-8-23(9-7-14)15(16(22)25)13-4-2-12(10-21)3-5-13/h2-5,14-15H,6-9,11H2,1H3,(H2,22,25). The number of benzene rings is 1. The third-order valence-corrected chi connectivity index (χ3v) is 5.94. The van der Waals surface area contributed by atoms with E-state index in [0.717, 1.165) is 6.26 Å². The predicted molar refractivity (Wildman–Crippen MR) is 95.3 cm³/mol. The molecule has 28 heavy (non-hydrogen) atoms. The molecule has 1 fully saturated rings. The summed E-state index contributed by atoms with van der Waals surface area (Å²) >= 11 is 0. The van der Waals surface area contributed by atoms with Gasteiger partial charge in [-0.05, 0) is 30.5 Å². The van der Waals surface area contributed by atoms with Crippen molar-refractivity contribution in [3.05, 3.63) is 35.4 Å². The molecule has 1 aromatic carbocycles. The Hall–Kier alpha value is -2.16. The molecule has 0 aliphatic carbocycles. The lowest BCUT2D eigenvalue weighted by atomic mass is 9.98.